The fraction of sp³-hybridized carbons (Fsp3) is 0.160. The number of hydrogen-bond donors (Lipinski definition) is 2. The van der Waals surface area contributed by atoms with Crippen LogP contribution in [0.4, 0.5) is 5.69 Å². The maximum atomic E-state index is 12.8. The van der Waals surface area contributed by atoms with Gasteiger partial charge in [0.1, 0.15) is 5.69 Å². The molecule has 8 heteroatoms. The minimum atomic E-state index is -0.469. The zero-order valence-corrected chi connectivity index (χ0v) is 19.2. The summed E-state index contributed by atoms with van der Waals surface area (Å²) in [5, 5.41) is 10.5. The molecule has 0 aliphatic heterocycles. The van der Waals surface area contributed by atoms with Crippen molar-refractivity contribution >= 4 is 29.1 Å². The first-order chi connectivity index (χ1) is 15.8. The zero-order chi connectivity index (χ0) is 23.5. The molecule has 2 heterocycles. The number of rotatable bonds is 6. The van der Waals surface area contributed by atoms with E-state index >= 15 is 0 Å². The van der Waals surface area contributed by atoms with Gasteiger partial charge >= 0.3 is 0 Å². The van der Waals surface area contributed by atoms with E-state index in [1.165, 1.54) is 0 Å². The van der Waals surface area contributed by atoms with Crippen LogP contribution < -0.4 is 10.6 Å². The molecule has 0 aliphatic carbocycles. The molecule has 0 saturated heterocycles. The molecule has 2 amide bonds. The van der Waals surface area contributed by atoms with Crippen LogP contribution in [0.5, 0.6) is 0 Å². The van der Waals surface area contributed by atoms with E-state index in [0.29, 0.717) is 22.2 Å². The Hall–Kier alpha value is -3.84. The molecule has 0 fully saturated rings. The normalized spacial score (nSPS) is 10.8. The smallest absolute Gasteiger partial charge is 0.272 e. The molecule has 7 nitrogen and oxygen atoms in total. The maximum absolute atomic E-state index is 12.8. The van der Waals surface area contributed by atoms with Crippen molar-refractivity contribution in [1.29, 1.82) is 0 Å². The van der Waals surface area contributed by atoms with Crippen molar-refractivity contribution < 1.29 is 14.0 Å². The molecular formula is C25H23ClN4O3. The van der Waals surface area contributed by atoms with Gasteiger partial charge in [0, 0.05) is 16.8 Å². The summed E-state index contributed by atoms with van der Waals surface area (Å²) in [5.41, 5.74) is 5.29. The number of anilines is 1. The monoisotopic (exact) mass is 462 g/mol. The van der Waals surface area contributed by atoms with Gasteiger partial charge in [0.15, 0.2) is 11.5 Å². The second-order valence-electron chi connectivity index (χ2n) is 7.78. The van der Waals surface area contributed by atoms with E-state index in [4.69, 9.17) is 16.0 Å². The van der Waals surface area contributed by atoms with Crippen molar-refractivity contribution in [2.75, 3.05) is 11.9 Å². The highest BCUT2D eigenvalue weighted by atomic mass is 35.5. The van der Waals surface area contributed by atoms with Crippen LogP contribution in [0.2, 0.25) is 5.02 Å². The Bertz CT molecular complexity index is 1290. The largest absolute Gasteiger partial charge is 0.463 e. The summed E-state index contributed by atoms with van der Waals surface area (Å²) in [7, 11) is 0. The number of furan rings is 1. The lowest BCUT2D eigenvalue weighted by Crippen LogP contribution is -2.33. The van der Waals surface area contributed by atoms with Gasteiger partial charge in [0.25, 0.3) is 5.91 Å². The van der Waals surface area contributed by atoms with E-state index in [1.54, 1.807) is 53.4 Å². The van der Waals surface area contributed by atoms with Gasteiger partial charge in [-0.3, -0.25) is 9.59 Å². The molecule has 2 aromatic carbocycles. The zero-order valence-electron chi connectivity index (χ0n) is 18.5. The lowest BCUT2D eigenvalue weighted by Gasteiger charge is -2.13. The number of amides is 2. The van der Waals surface area contributed by atoms with Gasteiger partial charge in [-0.15, -0.1) is 0 Å². The van der Waals surface area contributed by atoms with Gasteiger partial charge in [-0.05, 0) is 68.3 Å². The molecule has 0 unspecified atom stereocenters. The van der Waals surface area contributed by atoms with Crippen molar-refractivity contribution in [3.8, 4) is 17.1 Å². The van der Waals surface area contributed by atoms with Gasteiger partial charge in [0.05, 0.1) is 18.5 Å². The van der Waals surface area contributed by atoms with Gasteiger partial charge in [0.2, 0.25) is 5.91 Å². The molecule has 0 aliphatic rings. The van der Waals surface area contributed by atoms with Gasteiger partial charge in [-0.2, -0.15) is 5.10 Å². The first kappa shape index (κ1) is 22.4. The number of nitrogens with one attached hydrogen (secondary N) is 2. The quantitative estimate of drug-likeness (QED) is 0.418. The number of halogens is 1. The van der Waals surface area contributed by atoms with Crippen molar-refractivity contribution in [2.24, 2.45) is 0 Å². The number of aromatic nitrogens is 2. The predicted molar refractivity (Wildman–Crippen MR) is 128 cm³/mol. The minimum Gasteiger partial charge on any atom is -0.463 e. The van der Waals surface area contributed by atoms with E-state index in [9.17, 15) is 9.59 Å². The SMILES string of the molecule is Cc1cc(C)c(NC(=O)CNC(=O)c2cc(-c3ccco3)n(-c3ccc(Cl)cc3)n2)c(C)c1. The fourth-order valence-corrected chi connectivity index (χ4v) is 3.81. The second kappa shape index (κ2) is 9.34. The molecule has 0 bridgehead atoms. The highest BCUT2D eigenvalue weighted by molar-refractivity contribution is 6.30. The molecule has 168 valence electrons. The van der Waals surface area contributed by atoms with Crippen molar-refractivity contribution in [1.82, 2.24) is 15.1 Å². The standard InChI is InChI=1S/C25H23ClN4O3/c1-15-11-16(2)24(17(3)12-15)28-23(31)14-27-25(32)20-13-21(22-5-4-10-33-22)30(29-20)19-8-6-18(26)7-9-19/h4-13H,14H2,1-3H3,(H,27,32)(H,28,31). The van der Waals surface area contributed by atoms with Crippen LogP contribution in [-0.2, 0) is 4.79 Å². The molecular weight excluding hydrogens is 440 g/mol. The molecule has 0 spiro atoms. The summed E-state index contributed by atoms with van der Waals surface area (Å²) in [6.07, 6.45) is 1.55. The third kappa shape index (κ3) is 4.99. The fourth-order valence-electron chi connectivity index (χ4n) is 3.68. The Morgan fingerprint density at radius 2 is 1.73 bits per heavy atom. The van der Waals surface area contributed by atoms with Crippen LogP contribution in [0.25, 0.3) is 17.1 Å². The van der Waals surface area contributed by atoms with Crippen LogP contribution >= 0.6 is 11.6 Å². The Morgan fingerprint density at radius 1 is 1.03 bits per heavy atom. The number of aryl methyl sites for hydroxylation is 3. The van der Waals surface area contributed by atoms with Crippen LogP contribution in [-0.4, -0.2) is 28.1 Å². The Kier molecular flexibility index (Phi) is 6.33. The van der Waals surface area contributed by atoms with E-state index in [1.807, 2.05) is 32.9 Å². The molecule has 33 heavy (non-hydrogen) atoms. The predicted octanol–water partition coefficient (Wildman–Crippen LogP) is 5.08. The first-order valence-corrected chi connectivity index (χ1v) is 10.8. The van der Waals surface area contributed by atoms with Crippen LogP contribution in [0, 0.1) is 20.8 Å². The van der Waals surface area contributed by atoms with E-state index in [2.05, 4.69) is 15.7 Å². The van der Waals surface area contributed by atoms with Crippen LogP contribution in [0.3, 0.4) is 0 Å². The first-order valence-electron chi connectivity index (χ1n) is 10.4. The highest BCUT2D eigenvalue weighted by Gasteiger charge is 2.19. The Morgan fingerprint density at radius 3 is 2.36 bits per heavy atom. The molecule has 0 atom stereocenters. The summed E-state index contributed by atoms with van der Waals surface area (Å²) in [4.78, 5) is 25.3. The lowest BCUT2D eigenvalue weighted by molar-refractivity contribution is -0.115. The molecule has 0 radical (unpaired) electrons. The summed E-state index contributed by atoms with van der Waals surface area (Å²) < 4.78 is 7.11. The Labute approximate surface area is 196 Å². The van der Waals surface area contributed by atoms with Crippen molar-refractivity contribution in [2.45, 2.75) is 20.8 Å². The second-order valence-corrected chi connectivity index (χ2v) is 8.22. The van der Waals surface area contributed by atoms with E-state index in [0.717, 1.165) is 22.4 Å². The van der Waals surface area contributed by atoms with Gasteiger partial charge in [-0.1, -0.05) is 29.3 Å². The maximum Gasteiger partial charge on any atom is 0.272 e. The van der Waals surface area contributed by atoms with E-state index in [-0.39, 0.29) is 18.1 Å². The number of hydrogen-bond acceptors (Lipinski definition) is 4. The third-order valence-corrected chi connectivity index (χ3v) is 5.39. The van der Waals surface area contributed by atoms with Crippen LogP contribution in [0.1, 0.15) is 27.2 Å². The highest BCUT2D eigenvalue weighted by Crippen LogP contribution is 2.25. The van der Waals surface area contributed by atoms with Gasteiger partial charge in [-0.25, -0.2) is 4.68 Å². The Balaban J connectivity index is 1.51. The van der Waals surface area contributed by atoms with E-state index < -0.39 is 5.91 Å². The number of carbonyl (C=O) groups excluding carboxylic acids is 2. The topological polar surface area (TPSA) is 89.2 Å². The molecule has 2 aromatic heterocycles. The molecule has 0 saturated carbocycles. The molecule has 2 N–H and O–H groups in total. The van der Waals surface area contributed by atoms with Crippen LogP contribution in [0.15, 0.2) is 65.3 Å². The number of nitrogens with zero attached hydrogens (tertiary/aromatic N) is 2. The minimum absolute atomic E-state index is 0.159. The number of benzene rings is 2. The van der Waals surface area contributed by atoms with Crippen molar-refractivity contribution in [3.05, 3.63) is 88.3 Å². The molecule has 4 aromatic rings. The summed E-state index contributed by atoms with van der Waals surface area (Å²) >= 11 is 6.00. The summed E-state index contributed by atoms with van der Waals surface area (Å²) in [6.45, 7) is 5.70. The summed E-state index contributed by atoms with van der Waals surface area (Å²) in [6, 6.07) is 16.2. The number of carbonyl (C=O) groups is 2. The molecule has 4 rings (SSSR count). The summed E-state index contributed by atoms with van der Waals surface area (Å²) in [5.74, 6) is -0.232. The average molecular weight is 463 g/mol. The van der Waals surface area contributed by atoms with Gasteiger partial charge < -0.3 is 15.1 Å². The average Bonchev–Trinajstić information content (AvgIpc) is 3.45. The van der Waals surface area contributed by atoms with Crippen molar-refractivity contribution in [3.63, 3.8) is 0 Å². The third-order valence-electron chi connectivity index (χ3n) is 5.14. The lowest BCUT2D eigenvalue weighted by atomic mass is 10.1.